The molecular weight excluding hydrogens is 257 g/mol. The molecule has 2 atom stereocenters. The minimum absolute atomic E-state index is 0.0847. The number of nitrogens with one attached hydrogen (secondary N) is 1. The van der Waals surface area contributed by atoms with Crippen LogP contribution in [0.5, 0.6) is 0 Å². The van der Waals surface area contributed by atoms with Crippen molar-refractivity contribution >= 4 is 0 Å². The Kier molecular flexibility index (Phi) is 7.10. The molecule has 0 saturated heterocycles. The number of halogens is 3. The number of hydrogen-bond donors (Lipinski definition) is 2. The minimum Gasteiger partial charge on any atom is -0.379 e. The molecule has 0 aromatic carbocycles. The summed E-state index contributed by atoms with van der Waals surface area (Å²) >= 11 is 0. The number of methoxy groups -OCH3 is 1. The van der Waals surface area contributed by atoms with Crippen LogP contribution in [0.1, 0.15) is 51.4 Å². The molecule has 1 aliphatic carbocycles. The minimum atomic E-state index is -4.09. The van der Waals surface area contributed by atoms with Gasteiger partial charge in [0.2, 0.25) is 0 Å². The third-order valence-corrected chi connectivity index (χ3v) is 3.97. The van der Waals surface area contributed by atoms with Crippen molar-refractivity contribution in [3.8, 4) is 0 Å². The second kappa shape index (κ2) is 8.07. The Hall–Kier alpha value is -0.330. The molecule has 3 N–H and O–H groups in total. The van der Waals surface area contributed by atoms with E-state index in [0.29, 0.717) is 12.3 Å². The maximum absolute atomic E-state index is 12.2. The van der Waals surface area contributed by atoms with Crippen LogP contribution < -0.4 is 11.3 Å². The molecule has 0 heterocycles. The molecule has 1 fully saturated rings. The topological polar surface area (TPSA) is 47.3 Å². The maximum Gasteiger partial charge on any atom is 0.389 e. The Morgan fingerprint density at radius 2 is 1.89 bits per heavy atom. The summed E-state index contributed by atoms with van der Waals surface area (Å²) in [5.74, 6) is 5.90. The van der Waals surface area contributed by atoms with E-state index in [9.17, 15) is 13.2 Å². The zero-order valence-corrected chi connectivity index (χ0v) is 11.5. The summed E-state index contributed by atoms with van der Waals surface area (Å²) in [4.78, 5) is 0. The molecule has 0 radical (unpaired) electrons. The van der Waals surface area contributed by atoms with Gasteiger partial charge in [0.05, 0.1) is 6.10 Å². The third kappa shape index (κ3) is 6.10. The lowest BCUT2D eigenvalue weighted by Gasteiger charge is -2.34. The van der Waals surface area contributed by atoms with Gasteiger partial charge in [-0.25, -0.2) is 0 Å². The van der Waals surface area contributed by atoms with Gasteiger partial charge in [-0.05, 0) is 31.6 Å². The van der Waals surface area contributed by atoms with Crippen molar-refractivity contribution < 1.29 is 17.9 Å². The Balaban J connectivity index is 2.45. The average molecular weight is 282 g/mol. The summed E-state index contributed by atoms with van der Waals surface area (Å²) in [6.45, 7) is 0. The average Bonchev–Trinajstić information content (AvgIpc) is 2.37. The van der Waals surface area contributed by atoms with Crippen LogP contribution in [0.2, 0.25) is 0 Å². The van der Waals surface area contributed by atoms with Crippen LogP contribution in [-0.2, 0) is 4.74 Å². The Morgan fingerprint density at radius 3 is 2.37 bits per heavy atom. The molecule has 114 valence electrons. The van der Waals surface area contributed by atoms with Crippen molar-refractivity contribution in [1.82, 2.24) is 5.43 Å². The van der Waals surface area contributed by atoms with E-state index >= 15 is 0 Å². The van der Waals surface area contributed by atoms with Gasteiger partial charge in [0.15, 0.2) is 0 Å². The van der Waals surface area contributed by atoms with Crippen molar-refractivity contribution in [3.63, 3.8) is 0 Å². The fourth-order valence-corrected chi connectivity index (χ4v) is 3.01. The predicted octanol–water partition coefficient (Wildman–Crippen LogP) is 3.15. The molecule has 0 spiro atoms. The molecule has 0 bridgehead atoms. The van der Waals surface area contributed by atoms with Gasteiger partial charge < -0.3 is 4.74 Å². The van der Waals surface area contributed by atoms with E-state index in [4.69, 9.17) is 10.6 Å². The molecule has 1 aliphatic rings. The highest BCUT2D eigenvalue weighted by Gasteiger charge is 2.32. The molecule has 19 heavy (non-hydrogen) atoms. The number of alkyl halides is 3. The van der Waals surface area contributed by atoms with Crippen molar-refractivity contribution in [2.24, 2.45) is 11.8 Å². The van der Waals surface area contributed by atoms with Gasteiger partial charge in [-0.1, -0.05) is 19.3 Å². The largest absolute Gasteiger partial charge is 0.389 e. The molecule has 0 aromatic heterocycles. The smallest absolute Gasteiger partial charge is 0.379 e. The van der Waals surface area contributed by atoms with E-state index in [-0.39, 0.29) is 18.6 Å². The molecule has 0 aliphatic heterocycles. The molecule has 3 nitrogen and oxygen atoms in total. The summed E-state index contributed by atoms with van der Waals surface area (Å²) in [6, 6.07) is -0.199. The quantitative estimate of drug-likeness (QED) is 0.557. The maximum atomic E-state index is 12.2. The van der Waals surface area contributed by atoms with Gasteiger partial charge in [0.25, 0.3) is 0 Å². The highest BCUT2D eigenvalue weighted by molar-refractivity contribution is 4.83. The lowest BCUT2D eigenvalue weighted by molar-refractivity contribution is -0.136. The first-order chi connectivity index (χ1) is 8.98. The second-order valence-electron chi connectivity index (χ2n) is 5.38. The summed E-state index contributed by atoms with van der Waals surface area (Å²) in [5, 5.41) is 0. The predicted molar refractivity (Wildman–Crippen MR) is 68.4 cm³/mol. The van der Waals surface area contributed by atoms with E-state index < -0.39 is 12.6 Å². The van der Waals surface area contributed by atoms with Crippen LogP contribution in [0.3, 0.4) is 0 Å². The van der Waals surface area contributed by atoms with E-state index in [1.807, 2.05) is 0 Å². The highest BCUT2D eigenvalue weighted by Crippen LogP contribution is 2.31. The number of rotatable bonds is 7. The SMILES string of the molecule is COC(C1CCCCC1)C(CCCC(F)(F)F)NN. The van der Waals surface area contributed by atoms with Crippen LogP contribution >= 0.6 is 0 Å². The second-order valence-corrected chi connectivity index (χ2v) is 5.38. The van der Waals surface area contributed by atoms with Crippen LogP contribution in [0, 0.1) is 5.92 Å². The van der Waals surface area contributed by atoms with E-state index in [0.717, 1.165) is 12.8 Å². The number of hydrazine groups is 1. The van der Waals surface area contributed by atoms with Gasteiger partial charge in [-0.2, -0.15) is 13.2 Å². The van der Waals surface area contributed by atoms with E-state index in [2.05, 4.69) is 5.43 Å². The Bertz CT molecular complexity index is 243. The van der Waals surface area contributed by atoms with Crippen LogP contribution in [0.4, 0.5) is 13.2 Å². The standard InChI is InChI=1S/C13H25F3N2O/c1-19-12(10-6-3-2-4-7-10)11(18-17)8-5-9-13(14,15)16/h10-12,18H,2-9,17H2,1H3. The summed E-state index contributed by atoms with van der Waals surface area (Å²) in [5.41, 5.74) is 2.64. The molecule has 1 saturated carbocycles. The molecule has 0 aromatic rings. The molecule has 6 heteroatoms. The zero-order chi connectivity index (χ0) is 14.3. The van der Waals surface area contributed by atoms with Crippen molar-refractivity contribution in [3.05, 3.63) is 0 Å². The van der Waals surface area contributed by atoms with Gasteiger partial charge in [0, 0.05) is 19.6 Å². The zero-order valence-electron chi connectivity index (χ0n) is 11.5. The van der Waals surface area contributed by atoms with Gasteiger partial charge in [-0.15, -0.1) is 0 Å². The number of ether oxygens (including phenoxy) is 1. The highest BCUT2D eigenvalue weighted by atomic mass is 19.4. The third-order valence-electron chi connectivity index (χ3n) is 3.97. The van der Waals surface area contributed by atoms with Crippen LogP contribution in [0.15, 0.2) is 0 Å². The number of hydrogen-bond acceptors (Lipinski definition) is 3. The van der Waals surface area contributed by atoms with Crippen LogP contribution in [-0.4, -0.2) is 25.4 Å². The van der Waals surface area contributed by atoms with E-state index in [1.165, 1.54) is 19.3 Å². The van der Waals surface area contributed by atoms with Gasteiger partial charge >= 0.3 is 6.18 Å². The van der Waals surface area contributed by atoms with Crippen LogP contribution in [0.25, 0.3) is 0 Å². The fourth-order valence-electron chi connectivity index (χ4n) is 3.01. The monoisotopic (exact) mass is 282 g/mol. The molecular formula is C13H25F3N2O. The first-order valence-electron chi connectivity index (χ1n) is 7.03. The molecule has 2 unspecified atom stereocenters. The Labute approximate surface area is 113 Å². The normalized spacial score (nSPS) is 21.3. The van der Waals surface area contributed by atoms with Crippen molar-refractivity contribution in [2.75, 3.05) is 7.11 Å². The van der Waals surface area contributed by atoms with Gasteiger partial charge in [0.1, 0.15) is 0 Å². The Morgan fingerprint density at radius 1 is 1.26 bits per heavy atom. The summed E-state index contributed by atoms with van der Waals surface area (Å²) < 4.78 is 42.0. The fraction of sp³-hybridized carbons (Fsp3) is 1.00. The van der Waals surface area contributed by atoms with E-state index in [1.54, 1.807) is 7.11 Å². The lowest BCUT2D eigenvalue weighted by Crippen LogP contribution is -2.48. The van der Waals surface area contributed by atoms with Crippen molar-refractivity contribution in [2.45, 2.75) is 69.7 Å². The van der Waals surface area contributed by atoms with Gasteiger partial charge in [-0.3, -0.25) is 11.3 Å². The number of nitrogens with two attached hydrogens (primary N) is 1. The molecule has 1 rings (SSSR count). The summed E-state index contributed by atoms with van der Waals surface area (Å²) in [7, 11) is 1.62. The van der Waals surface area contributed by atoms with Crippen molar-refractivity contribution in [1.29, 1.82) is 0 Å². The lowest BCUT2D eigenvalue weighted by atomic mass is 9.81. The first-order valence-corrected chi connectivity index (χ1v) is 7.03. The first kappa shape index (κ1) is 16.7. The molecule has 0 amide bonds. The summed E-state index contributed by atoms with van der Waals surface area (Å²) in [6.07, 6.45) is 1.29.